The van der Waals surface area contributed by atoms with Crippen LogP contribution >= 0.6 is 11.3 Å². The fourth-order valence-electron chi connectivity index (χ4n) is 3.65. The first-order valence-electron chi connectivity index (χ1n) is 10.3. The van der Waals surface area contributed by atoms with Crippen molar-refractivity contribution in [2.24, 2.45) is 7.05 Å². The summed E-state index contributed by atoms with van der Waals surface area (Å²) in [5.41, 5.74) is 2.15. The Morgan fingerprint density at radius 2 is 1.91 bits per heavy atom. The summed E-state index contributed by atoms with van der Waals surface area (Å²) in [4.78, 5) is 46.6. The van der Waals surface area contributed by atoms with Gasteiger partial charge in [-0.25, -0.2) is 4.98 Å². The number of morpholine rings is 1. The van der Waals surface area contributed by atoms with Gasteiger partial charge in [0.25, 0.3) is 11.5 Å². The molecule has 10 heteroatoms. The van der Waals surface area contributed by atoms with Crippen LogP contribution in [0.1, 0.15) is 15.2 Å². The van der Waals surface area contributed by atoms with Gasteiger partial charge in [0.1, 0.15) is 4.83 Å². The number of hydrogen-bond acceptors (Lipinski definition) is 7. The lowest BCUT2D eigenvalue weighted by Crippen LogP contribution is -2.36. The molecule has 2 aromatic heterocycles. The molecule has 0 bridgehead atoms. The number of amides is 2. The molecule has 3 heterocycles. The number of likely N-dealkylation sites (N-methyl/N-ethyl adjacent to an activating group) is 1. The highest BCUT2D eigenvalue weighted by Gasteiger charge is 2.23. The number of thiophene rings is 1. The van der Waals surface area contributed by atoms with Crippen molar-refractivity contribution in [3.8, 4) is 0 Å². The van der Waals surface area contributed by atoms with Gasteiger partial charge in [0.2, 0.25) is 5.91 Å². The molecule has 0 radical (unpaired) electrons. The van der Waals surface area contributed by atoms with Crippen LogP contribution in [0.4, 0.5) is 11.4 Å². The molecule has 3 aromatic rings. The second kappa shape index (κ2) is 9.09. The van der Waals surface area contributed by atoms with E-state index >= 15 is 0 Å². The average Bonchev–Trinajstić information content (AvgIpc) is 3.13. The van der Waals surface area contributed by atoms with Crippen molar-refractivity contribution in [1.82, 2.24) is 14.5 Å². The molecule has 1 aliphatic heterocycles. The highest BCUT2D eigenvalue weighted by molar-refractivity contribution is 7.20. The molecule has 32 heavy (non-hydrogen) atoms. The second-order valence-electron chi connectivity index (χ2n) is 7.75. The Labute approximate surface area is 189 Å². The lowest BCUT2D eigenvalue weighted by molar-refractivity contribution is -0.116. The summed E-state index contributed by atoms with van der Waals surface area (Å²) < 4.78 is 6.76. The maximum atomic E-state index is 12.9. The summed E-state index contributed by atoms with van der Waals surface area (Å²) in [6.45, 7) is 4.74. The predicted octanol–water partition coefficient (Wildman–Crippen LogP) is 1.85. The quantitative estimate of drug-likeness (QED) is 0.631. The summed E-state index contributed by atoms with van der Waals surface area (Å²) >= 11 is 1.17. The molecule has 168 valence electrons. The van der Waals surface area contributed by atoms with Gasteiger partial charge in [-0.05, 0) is 36.8 Å². The van der Waals surface area contributed by atoms with E-state index in [9.17, 15) is 14.4 Å². The Hall–Kier alpha value is -3.24. The summed E-state index contributed by atoms with van der Waals surface area (Å²) in [6, 6.07) is 7.62. The molecular formula is C22H25N5O4S. The first-order valence-corrected chi connectivity index (χ1v) is 11.1. The standard InChI is InChI=1S/C22H25N5O4S/c1-14-18-20(23-13-26(3)21(18)29)32-19(14)22(30)25(2)12-17(28)24-15-4-6-16(7-5-15)27-8-10-31-11-9-27/h4-7,13H,8-12H2,1-3H3,(H,24,28). The van der Waals surface area contributed by atoms with E-state index in [0.29, 0.717) is 39.6 Å². The van der Waals surface area contributed by atoms with E-state index in [-0.39, 0.29) is 23.9 Å². The number of rotatable bonds is 5. The van der Waals surface area contributed by atoms with Gasteiger partial charge < -0.3 is 24.4 Å². The zero-order chi connectivity index (χ0) is 22.8. The summed E-state index contributed by atoms with van der Waals surface area (Å²) in [5.74, 6) is -0.613. The average molecular weight is 456 g/mol. The number of nitrogens with one attached hydrogen (secondary N) is 1. The SMILES string of the molecule is Cc1c(C(=O)N(C)CC(=O)Nc2ccc(N3CCOCC3)cc2)sc2ncn(C)c(=O)c12. The fraction of sp³-hybridized carbons (Fsp3) is 0.364. The van der Waals surface area contributed by atoms with Crippen LogP contribution in [0.2, 0.25) is 0 Å². The Bertz CT molecular complexity index is 1210. The number of aryl methyl sites for hydroxylation is 2. The van der Waals surface area contributed by atoms with Crippen molar-refractivity contribution in [2.75, 3.05) is 50.1 Å². The summed E-state index contributed by atoms with van der Waals surface area (Å²) in [6.07, 6.45) is 1.44. The van der Waals surface area contributed by atoms with Gasteiger partial charge in [-0.1, -0.05) is 0 Å². The molecule has 1 fully saturated rings. The van der Waals surface area contributed by atoms with Crippen LogP contribution in [-0.4, -0.2) is 66.2 Å². The molecule has 1 saturated heterocycles. The van der Waals surface area contributed by atoms with Crippen molar-refractivity contribution in [3.63, 3.8) is 0 Å². The van der Waals surface area contributed by atoms with Gasteiger partial charge in [0, 0.05) is 38.6 Å². The minimum absolute atomic E-state index is 0.108. The highest BCUT2D eigenvalue weighted by Crippen LogP contribution is 2.27. The second-order valence-corrected chi connectivity index (χ2v) is 8.75. The molecule has 1 aromatic carbocycles. The van der Waals surface area contributed by atoms with Crippen LogP contribution < -0.4 is 15.8 Å². The summed E-state index contributed by atoms with van der Waals surface area (Å²) in [7, 11) is 3.19. The molecule has 1 N–H and O–H groups in total. The van der Waals surface area contributed by atoms with Crippen molar-refractivity contribution in [2.45, 2.75) is 6.92 Å². The Balaban J connectivity index is 1.41. The Kier molecular flexibility index (Phi) is 6.24. The molecular weight excluding hydrogens is 430 g/mol. The third-order valence-electron chi connectivity index (χ3n) is 5.46. The van der Waals surface area contributed by atoms with E-state index < -0.39 is 0 Å². The van der Waals surface area contributed by atoms with E-state index in [2.05, 4.69) is 15.2 Å². The monoisotopic (exact) mass is 455 g/mol. The van der Waals surface area contributed by atoms with Gasteiger partial charge in [-0.15, -0.1) is 11.3 Å². The van der Waals surface area contributed by atoms with Crippen LogP contribution in [0.25, 0.3) is 10.2 Å². The first-order chi connectivity index (χ1) is 15.3. The van der Waals surface area contributed by atoms with Crippen LogP contribution in [-0.2, 0) is 16.6 Å². The minimum Gasteiger partial charge on any atom is -0.378 e. The van der Waals surface area contributed by atoms with Crippen LogP contribution in [0.15, 0.2) is 35.4 Å². The molecule has 0 aliphatic carbocycles. The number of carbonyl (C=O) groups is 2. The maximum Gasteiger partial charge on any atom is 0.264 e. The number of benzene rings is 1. The molecule has 0 saturated carbocycles. The molecule has 9 nitrogen and oxygen atoms in total. The van der Waals surface area contributed by atoms with Crippen molar-refractivity contribution < 1.29 is 14.3 Å². The maximum absolute atomic E-state index is 12.9. The smallest absolute Gasteiger partial charge is 0.264 e. The van der Waals surface area contributed by atoms with E-state index in [0.717, 1.165) is 18.8 Å². The lowest BCUT2D eigenvalue weighted by Gasteiger charge is -2.28. The van der Waals surface area contributed by atoms with E-state index in [1.54, 1.807) is 21.0 Å². The molecule has 0 unspecified atom stereocenters. The van der Waals surface area contributed by atoms with Gasteiger partial charge >= 0.3 is 0 Å². The third-order valence-corrected chi connectivity index (χ3v) is 6.65. The number of carbonyl (C=O) groups excluding carboxylic acids is 2. The van der Waals surface area contributed by atoms with E-state index in [1.165, 1.54) is 27.1 Å². The number of hydrogen-bond donors (Lipinski definition) is 1. The molecule has 0 atom stereocenters. The number of fused-ring (bicyclic) bond motifs is 1. The van der Waals surface area contributed by atoms with Crippen molar-refractivity contribution in [1.29, 1.82) is 0 Å². The number of aromatic nitrogens is 2. The van der Waals surface area contributed by atoms with E-state index in [4.69, 9.17) is 4.74 Å². The van der Waals surface area contributed by atoms with Gasteiger partial charge in [0.15, 0.2) is 0 Å². The lowest BCUT2D eigenvalue weighted by atomic mass is 10.2. The normalized spacial score (nSPS) is 13.9. The number of anilines is 2. The van der Waals surface area contributed by atoms with Crippen LogP contribution in [0, 0.1) is 6.92 Å². The predicted molar refractivity (Wildman–Crippen MR) is 125 cm³/mol. The number of ether oxygens (including phenoxy) is 1. The van der Waals surface area contributed by atoms with Gasteiger partial charge in [0.05, 0.1) is 36.3 Å². The Morgan fingerprint density at radius 3 is 2.59 bits per heavy atom. The first kappa shape index (κ1) is 22.0. The topological polar surface area (TPSA) is 96.8 Å². The minimum atomic E-state index is -0.314. The molecule has 2 amide bonds. The van der Waals surface area contributed by atoms with E-state index in [1.807, 2.05) is 24.3 Å². The molecule has 1 aliphatic rings. The zero-order valence-electron chi connectivity index (χ0n) is 18.3. The largest absolute Gasteiger partial charge is 0.378 e. The van der Waals surface area contributed by atoms with Crippen molar-refractivity contribution in [3.05, 3.63) is 51.4 Å². The third kappa shape index (κ3) is 4.37. The van der Waals surface area contributed by atoms with Crippen LogP contribution in [0.5, 0.6) is 0 Å². The highest BCUT2D eigenvalue weighted by atomic mass is 32.1. The zero-order valence-corrected chi connectivity index (χ0v) is 19.1. The van der Waals surface area contributed by atoms with Gasteiger partial charge in [-0.2, -0.15) is 0 Å². The van der Waals surface area contributed by atoms with Gasteiger partial charge in [-0.3, -0.25) is 14.4 Å². The molecule has 4 rings (SSSR count). The number of nitrogens with zero attached hydrogens (tertiary/aromatic N) is 4. The van der Waals surface area contributed by atoms with Crippen molar-refractivity contribution >= 4 is 44.7 Å². The fourth-order valence-corrected chi connectivity index (χ4v) is 4.79. The Morgan fingerprint density at radius 1 is 1.22 bits per heavy atom. The summed E-state index contributed by atoms with van der Waals surface area (Å²) in [5, 5.41) is 3.27. The van der Waals surface area contributed by atoms with Crippen LogP contribution in [0.3, 0.4) is 0 Å². The molecule has 0 spiro atoms.